The predicted molar refractivity (Wildman–Crippen MR) is 74.5 cm³/mol. The second kappa shape index (κ2) is 6.16. The van der Waals surface area contributed by atoms with Gasteiger partial charge in [-0.05, 0) is 18.6 Å². The van der Waals surface area contributed by atoms with Crippen LogP contribution in [0.3, 0.4) is 0 Å². The molecule has 2 aromatic rings. The highest BCUT2D eigenvalue weighted by atomic mass is 16.3. The molecule has 1 amide bonds. The SMILES string of the molecule is CC(=O)c1c[nH]c(C(=O)NCC(O)c2ccccc2)c1. The first-order chi connectivity index (χ1) is 9.58. The number of aromatic nitrogens is 1. The van der Waals surface area contributed by atoms with Crippen LogP contribution in [0.15, 0.2) is 42.6 Å². The minimum Gasteiger partial charge on any atom is -0.387 e. The van der Waals surface area contributed by atoms with E-state index in [4.69, 9.17) is 0 Å². The summed E-state index contributed by atoms with van der Waals surface area (Å²) in [5.74, 6) is -0.461. The normalized spacial score (nSPS) is 11.9. The Balaban J connectivity index is 1.93. The fourth-order valence-corrected chi connectivity index (χ4v) is 1.81. The van der Waals surface area contributed by atoms with Crippen molar-refractivity contribution in [3.63, 3.8) is 0 Å². The summed E-state index contributed by atoms with van der Waals surface area (Å²) in [5.41, 5.74) is 1.50. The maximum Gasteiger partial charge on any atom is 0.267 e. The number of rotatable bonds is 5. The van der Waals surface area contributed by atoms with Crippen molar-refractivity contribution in [2.75, 3.05) is 6.54 Å². The minimum absolute atomic E-state index is 0.107. The molecule has 0 spiro atoms. The largest absolute Gasteiger partial charge is 0.387 e. The first-order valence-corrected chi connectivity index (χ1v) is 6.28. The molecule has 1 aromatic heterocycles. The molecule has 0 aliphatic heterocycles. The Kier molecular flexibility index (Phi) is 4.32. The third-order valence-corrected chi connectivity index (χ3v) is 2.97. The Morgan fingerprint density at radius 2 is 2.00 bits per heavy atom. The first-order valence-electron chi connectivity index (χ1n) is 6.28. The van der Waals surface area contributed by atoms with Gasteiger partial charge in [0.25, 0.3) is 5.91 Å². The number of nitrogens with one attached hydrogen (secondary N) is 2. The molecule has 0 aliphatic carbocycles. The molecule has 1 atom stereocenters. The molecule has 5 nitrogen and oxygen atoms in total. The molecule has 20 heavy (non-hydrogen) atoms. The number of carbonyl (C=O) groups excluding carboxylic acids is 2. The molecule has 0 saturated heterocycles. The van der Waals surface area contributed by atoms with Crippen LogP contribution >= 0.6 is 0 Å². The highest BCUT2D eigenvalue weighted by molar-refractivity contribution is 5.99. The predicted octanol–water partition coefficient (Wildman–Crippen LogP) is 1.68. The smallest absolute Gasteiger partial charge is 0.267 e. The van der Waals surface area contributed by atoms with Crippen molar-refractivity contribution in [1.82, 2.24) is 10.3 Å². The van der Waals surface area contributed by atoms with E-state index in [9.17, 15) is 14.7 Å². The van der Waals surface area contributed by atoms with E-state index in [0.29, 0.717) is 11.3 Å². The number of carbonyl (C=O) groups is 2. The molecular weight excluding hydrogens is 256 g/mol. The maximum atomic E-state index is 11.9. The summed E-state index contributed by atoms with van der Waals surface area (Å²) in [7, 11) is 0. The van der Waals surface area contributed by atoms with Crippen LogP contribution in [0.5, 0.6) is 0 Å². The average molecular weight is 272 g/mol. The summed E-state index contributed by atoms with van der Waals surface area (Å²) < 4.78 is 0. The molecule has 1 heterocycles. The lowest BCUT2D eigenvalue weighted by atomic mass is 10.1. The third kappa shape index (κ3) is 3.33. The summed E-state index contributed by atoms with van der Waals surface area (Å²) in [5, 5.41) is 12.5. The first kappa shape index (κ1) is 14.0. The van der Waals surface area contributed by atoms with Gasteiger partial charge in [0.05, 0.1) is 6.10 Å². The van der Waals surface area contributed by atoms with Crippen LogP contribution in [0.1, 0.15) is 39.4 Å². The molecule has 104 valence electrons. The highest BCUT2D eigenvalue weighted by Crippen LogP contribution is 2.11. The van der Waals surface area contributed by atoms with Crippen molar-refractivity contribution < 1.29 is 14.7 Å². The van der Waals surface area contributed by atoms with Gasteiger partial charge >= 0.3 is 0 Å². The quantitative estimate of drug-likeness (QED) is 0.724. The van der Waals surface area contributed by atoms with Crippen LogP contribution in [0.2, 0.25) is 0 Å². The second-order valence-electron chi connectivity index (χ2n) is 4.49. The van der Waals surface area contributed by atoms with Crippen LogP contribution in [0, 0.1) is 0 Å². The van der Waals surface area contributed by atoms with Gasteiger partial charge in [0.2, 0.25) is 0 Å². The molecule has 1 unspecified atom stereocenters. The topological polar surface area (TPSA) is 82.2 Å². The van der Waals surface area contributed by atoms with E-state index in [2.05, 4.69) is 10.3 Å². The van der Waals surface area contributed by atoms with Gasteiger partial charge in [0, 0.05) is 18.3 Å². The highest BCUT2D eigenvalue weighted by Gasteiger charge is 2.13. The summed E-state index contributed by atoms with van der Waals surface area (Å²) in [4.78, 5) is 25.7. The van der Waals surface area contributed by atoms with E-state index < -0.39 is 6.10 Å². The Labute approximate surface area is 116 Å². The molecule has 0 saturated carbocycles. The number of benzene rings is 1. The third-order valence-electron chi connectivity index (χ3n) is 2.97. The molecule has 2 rings (SSSR count). The van der Waals surface area contributed by atoms with Crippen molar-refractivity contribution >= 4 is 11.7 Å². The zero-order chi connectivity index (χ0) is 14.5. The zero-order valence-corrected chi connectivity index (χ0v) is 11.1. The monoisotopic (exact) mass is 272 g/mol. The fourth-order valence-electron chi connectivity index (χ4n) is 1.81. The van der Waals surface area contributed by atoms with Crippen molar-refractivity contribution in [2.45, 2.75) is 13.0 Å². The lowest BCUT2D eigenvalue weighted by molar-refractivity contribution is 0.0912. The molecule has 1 aromatic carbocycles. The van der Waals surface area contributed by atoms with Gasteiger partial charge in [0.15, 0.2) is 5.78 Å². The number of aliphatic hydroxyl groups excluding tert-OH is 1. The van der Waals surface area contributed by atoms with Gasteiger partial charge in [-0.2, -0.15) is 0 Å². The minimum atomic E-state index is -0.762. The van der Waals surface area contributed by atoms with E-state index in [0.717, 1.165) is 5.56 Å². The van der Waals surface area contributed by atoms with E-state index in [1.54, 1.807) is 12.1 Å². The van der Waals surface area contributed by atoms with Crippen molar-refractivity contribution in [3.8, 4) is 0 Å². The molecule has 0 aliphatic rings. The number of hydrogen-bond acceptors (Lipinski definition) is 3. The average Bonchev–Trinajstić information content (AvgIpc) is 2.95. The number of amides is 1. The Hall–Kier alpha value is -2.40. The van der Waals surface area contributed by atoms with Crippen LogP contribution in [0.25, 0.3) is 0 Å². The Bertz CT molecular complexity index is 605. The van der Waals surface area contributed by atoms with Crippen molar-refractivity contribution in [2.24, 2.45) is 0 Å². The van der Waals surface area contributed by atoms with E-state index >= 15 is 0 Å². The lowest BCUT2D eigenvalue weighted by Crippen LogP contribution is -2.28. The zero-order valence-electron chi connectivity index (χ0n) is 11.1. The summed E-state index contributed by atoms with van der Waals surface area (Å²) in [6, 6.07) is 10.6. The fraction of sp³-hybridized carbons (Fsp3) is 0.200. The van der Waals surface area contributed by atoms with Crippen LogP contribution in [0.4, 0.5) is 0 Å². The number of hydrogen-bond donors (Lipinski definition) is 3. The number of aliphatic hydroxyl groups is 1. The number of ketones is 1. The van der Waals surface area contributed by atoms with Crippen LogP contribution < -0.4 is 5.32 Å². The molecule has 5 heteroatoms. The second-order valence-corrected chi connectivity index (χ2v) is 4.49. The van der Waals surface area contributed by atoms with Crippen LogP contribution in [-0.2, 0) is 0 Å². The van der Waals surface area contributed by atoms with Gasteiger partial charge in [-0.1, -0.05) is 30.3 Å². The molecule has 0 bridgehead atoms. The van der Waals surface area contributed by atoms with E-state index in [1.165, 1.54) is 19.2 Å². The summed E-state index contributed by atoms with van der Waals surface area (Å²) >= 11 is 0. The van der Waals surface area contributed by atoms with E-state index in [1.807, 2.05) is 18.2 Å². The summed E-state index contributed by atoms with van der Waals surface area (Å²) in [6.07, 6.45) is 0.729. The number of Topliss-reactive ketones (excluding diaryl/α,β-unsaturated/α-hetero) is 1. The van der Waals surface area contributed by atoms with Crippen LogP contribution in [-0.4, -0.2) is 28.3 Å². The maximum absolute atomic E-state index is 11.9. The van der Waals surface area contributed by atoms with Crippen molar-refractivity contribution in [1.29, 1.82) is 0 Å². The molecule has 3 N–H and O–H groups in total. The Morgan fingerprint density at radius 3 is 2.60 bits per heavy atom. The molecule has 0 radical (unpaired) electrons. The summed E-state index contributed by atoms with van der Waals surface area (Å²) in [6.45, 7) is 1.54. The number of aromatic amines is 1. The van der Waals surface area contributed by atoms with Crippen molar-refractivity contribution in [3.05, 3.63) is 59.4 Å². The standard InChI is InChI=1S/C15H16N2O3/c1-10(18)12-7-13(16-8-12)15(20)17-9-14(19)11-5-3-2-4-6-11/h2-8,14,16,19H,9H2,1H3,(H,17,20). The van der Waals surface area contributed by atoms with Gasteiger partial charge in [-0.25, -0.2) is 0 Å². The Morgan fingerprint density at radius 1 is 1.30 bits per heavy atom. The molecule has 0 fully saturated rings. The van der Waals surface area contributed by atoms with E-state index in [-0.39, 0.29) is 18.2 Å². The van der Waals surface area contributed by atoms with Gasteiger partial charge in [-0.3, -0.25) is 9.59 Å². The molecular formula is C15H16N2O3. The van der Waals surface area contributed by atoms with Gasteiger partial charge < -0.3 is 15.4 Å². The number of H-pyrrole nitrogens is 1. The van der Waals surface area contributed by atoms with Gasteiger partial charge in [-0.15, -0.1) is 0 Å². The lowest BCUT2D eigenvalue weighted by Gasteiger charge is -2.11. The van der Waals surface area contributed by atoms with Gasteiger partial charge in [0.1, 0.15) is 5.69 Å².